The number of anilines is 1. The lowest BCUT2D eigenvalue weighted by Crippen LogP contribution is -2.06. The molecule has 0 bridgehead atoms. The zero-order valence-electron chi connectivity index (χ0n) is 11.0. The van der Waals surface area contributed by atoms with Crippen molar-refractivity contribution in [2.45, 2.75) is 13.0 Å². The van der Waals surface area contributed by atoms with Crippen LogP contribution in [0.5, 0.6) is 0 Å². The minimum absolute atomic E-state index is 0.00456. The van der Waals surface area contributed by atoms with Gasteiger partial charge in [-0.1, -0.05) is 40.9 Å². The summed E-state index contributed by atoms with van der Waals surface area (Å²) < 4.78 is 1.37. The number of hydrogen-bond acceptors (Lipinski definition) is 3. The van der Waals surface area contributed by atoms with Crippen LogP contribution in [-0.2, 0) is 0 Å². The Bertz CT molecular complexity index is 801. The molecule has 0 spiro atoms. The highest BCUT2D eigenvalue weighted by molar-refractivity contribution is 7.20. The van der Waals surface area contributed by atoms with Crippen LogP contribution in [0.3, 0.4) is 0 Å². The van der Waals surface area contributed by atoms with Crippen molar-refractivity contribution in [3.8, 4) is 0 Å². The number of nitrogens with one attached hydrogen (secondary N) is 1. The second-order valence-corrected chi connectivity index (χ2v) is 7.40. The first-order chi connectivity index (χ1) is 10.0. The van der Waals surface area contributed by atoms with Gasteiger partial charge in [0.2, 0.25) is 0 Å². The molecule has 0 aliphatic heterocycles. The molecule has 6 heteroatoms. The molecule has 0 fully saturated rings. The minimum Gasteiger partial charge on any atom is -0.377 e. The average Bonchev–Trinajstić information content (AvgIpc) is 2.77. The van der Waals surface area contributed by atoms with E-state index in [-0.39, 0.29) is 6.04 Å². The first-order valence-electron chi connectivity index (χ1n) is 6.30. The standard InChI is InChI=1S/C15H11Cl3N2S/c1-8(11-7-13(17)21-15(11)18)20-12-6-10(16)5-9-3-2-4-19-14(9)12/h2-8,20H,1H3. The van der Waals surface area contributed by atoms with Crippen LogP contribution in [0.4, 0.5) is 5.69 Å². The number of halogens is 3. The van der Waals surface area contributed by atoms with Crippen molar-refractivity contribution >= 4 is 62.7 Å². The number of aromatic nitrogens is 1. The van der Waals surface area contributed by atoms with Crippen molar-refractivity contribution in [2.75, 3.05) is 5.32 Å². The van der Waals surface area contributed by atoms with Crippen molar-refractivity contribution in [1.29, 1.82) is 0 Å². The van der Waals surface area contributed by atoms with Gasteiger partial charge in [0.25, 0.3) is 0 Å². The molecule has 0 amide bonds. The number of rotatable bonds is 3. The van der Waals surface area contributed by atoms with E-state index < -0.39 is 0 Å². The van der Waals surface area contributed by atoms with E-state index in [9.17, 15) is 0 Å². The molecule has 3 rings (SSSR count). The van der Waals surface area contributed by atoms with Gasteiger partial charge in [-0.3, -0.25) is 4.98 Å². The van der Waals surface area contributed by atoms with Crippen LogP contribution in [0.1, 0.15) is 18.5 Å². The molecule has 108 valence electrons. The summed E-state index contributed by atoms with van der Waals surface area (Å²) in [6.45, 7) is 2.03. The van der Waals surface area contributed by atoms with E-state index in [0.717, 1.165) is 22.2 Å². The first kappa shape index (κ1) is 14.9. The van der Waals surface area contributed by atoms with Gasteiger partial charge in [-0.2, -0.15) is 0 Å². The quantitative estimate of drug-likeness (QED) is 0.584. The van der Waals surface area contributed by atoms with E-state index in [1.54, 1.807) is 6.20 Å². The molecular formula is C15H11Cl3N2S. The predicted octanol–water partition coefficient (Wildman–Crippen LogP) is 6.43. The summed E-state index contributed by atoms with van der Waals surface area (Å²) in [5.74, 6) is 0. The van der Waals surface area contributed by atoms with Gasteiger partial charge in [-0.05, 0) is 31.2 Å². The van der Waals surface area contributed by atoms with Crippen molar-refractivity contribution in [1.82, 2.24) is 4.98 Å². The summed E-state index contributed by atoms with van der Waals surface area (Å²) in [6.07, 6.45) is 1.76. The predicted molar refractivity (Wildman–Crippen MR) is 93.1 cm³/mol. The third-order valence-electron chi connectivity index (χ3n) is 3.19. The molecule has 3 aromatic rings. The monoisotopic (exact) mass is 356 g/mol. The van der Waals surface area contributed by atoms with Crippen LogP contribution in [0.25, 0.3) is 10.9 Å². The van der Waals surface area contributed by atoms with Gasteiger partial charge in [0, 0.05) is 22.2 Å². The fraction of sp³-hybridized carbons (Fsp3) is 0.133. The van der Waals surface area contributed by atoms with E-state index in [0.29, 0.717) is 13.7 Å². The van der Waals surface area contributed by atoms with Crippen molar-refractivity contribution in [3.63, 3.8) is 0 Å². The Morgan fingerprint density at radius 2 is 2.00 bits per heavy atom. The Morgan fingerprint density at radius 1 is 1.19 bits per heavy atom. The fourth-order valence-electron chi connectivity index (χ4n) is 2.22. The van der Waals surface area contributed by atoms with Crippen LogP contribution >= 0.6 is 46.1 Å². The van der Waals surface area contributed by atoms with E-state index >= 15 is 0 Å². The molecule has 0 aliphatic carbocycles. The first-order valence-corrected chi connectivity index (χ1v) is 8.25. The van der Waals surface area contributed by atoms with Crippen LogP contribution in [0.2, 0.25) is 13.7 Å². The van der Waals surface area contributed by atoms with E-state index in [1.807, 2.05) is 37.3 Å². The molecule has 2 aromatic heterocycles. The lowest BCUT2D eigenvalue weighted by Gasteiger charge is -2.16. The van der Waals surface area contributed by atoms with Gasteiger partial charge < -0.3 is 5.32 Å². The second-order valence-electron chi connectivity index (χ2n) is 4.67. The van der Waals surface area contributed by atoms with Crippen molar-refractivity contribution in [2.24, 2.45) is 0 Å². The Kier molecular flexibility index (Phi) is 4.27. The Morgan fingerprint density at radius 3 is 2.71 bits per heavy atom. The lowest BCUT2D eigenvalue weighted by atomic mass is 10.1. The van der Waals surface area contributed by atoms with Gasteiger partial charge in [-0.15, -0.1) is 11.3 Å². The lowest BCUT2D eigenvalue weighted by molar-refractivity contribution is 0.892. The van der Waals surface area contributed by atoms with Crippen LogP contribution in [0.15, 0.2) is 36.5 Å². The maximum atomic E-state index is 6.21. The third-order valence-corrected chi connectivity index (χ3v) is 4.93. The number of fused-ring (bicyclic) bond motifs is 1. The highest BCUT2D eigenvalue weighted by Crippen LogP contribution is 2.37. The van der Waals surface area contributed by atoms with Crippen molar-refractivity contribution < 1.29 is 0 Å². The number of thiophene rings is 1. The summed E-state index contributed by atoms with van der Waals surface area (Å²) in [5.41, 5.74) is 2.73. The van der Waals surface area contributed by atoms with Gasteiger partial charge >= 0.3 is 0 Å². The Hall–Kier alpha value is -1.00. The van der Waals surface area contributed by atoms with Gasteiger partial charge in [0.15, 0.2) is 0 Å². The Balaban J connectivity index is 1.99. The molecule has 21 heavy (non-hydrogen) atoms. The van der Waals surface area contributed by atoms with E-state index in [1.165, 1.54) is 11.3 Å². The molecule has 2 nitrogen and oxygen atoms in total. The highest BCUT2D eigenvalue weighted by Gasteiger charge is 2.15. The number of pyridine rings is 1. The molecule has 1 unspecified atom stereocenters. The molecule has 2 heterocycles. The van der Waals surface area contributed by atoms with Gasteiger partial charge in [0.05, 0.1) is 25.9 Å². The molecule has 0 aliphatic rings. The van der Waals surface area contributed by atoms with Gasteiger partial charge in [-0.25, -0.2) is 0 Å². The summed E-state index contributed by atoms with van der Waals surface area (Å²) in [5, 5.41) is 5.07. The van der Waals surface area contributed by atoms with E-state index in [4.69, 9.17) is 34.8 Å². The van der Waals surface area contributed by atoms with Crippen LogP contribution < -0.4 is 5.32 Å². The maximum Gasteiger partial charge on any atom is 0.0996 e. The summed E-state index contributed by atoms with van der Waals surface area (Å²) in [6, 6.07) is 9.53. The molecular weight excluding hydrogens is 347 g/mol. The molecule has 1 aromatic carbocycles. The Labute approximate surface area is 141 Å². The average molecular weight is 358 g/mol. The molecule has 1 atom stereocenters. The van der Waals surface area contributed by atoms with Gasteiger partial charge in [0.1, 0.15) is 0 Å². The second kappa shape index (κ2) is 6.01. The minimum atomic E-state index is 0.00456. The summed E-state index contributed by atoms with van der Waals surface area (Å²) in [7, 11) is 0. The number of benzene rings is 1. The number of nitrogens with zero attached hydrogens (tertiary/aromatic N) is 1. The smallest absolute Gasteiger partial charge is 0.0996 e. The molecule has 0 saturated heterocycles. The fourth-order valence-corrected chi connectivity index (χ4v) is 4.10. The van der Waals surface area contributed by atoms with Crippen LogP contribution in [-0.4, -0.2) is 4.98 Å². The number of hydrogen-bond donors (Lipinski definition) is 1. The SMILES string of the molecule is CC(Nc1cc(Cl)cc2cccnc12)c1cc(Cl)sc1Cl. The molecule has 1 N–H and O–H groups in total. The third kappa shape index (κ3) is 3.11. The van der Waals surface area contributed by atoms with Crippen LogP contribution in [0, 0.1) is 0 Å². The summed E-state index contributed by atoms with van der Waals surface area (Å²) in [4.78, 5) is 4.42. The summed E-state index contributed by atoms with van der Waals surface area (Å²) >= 11 is 19.8. The topological polar surface area (TPSA) is 24.9 Å². The zero-order chi connectivity index (χ0) is 15.0. The van der Waals surface area contributed by atoms with E-state index in [2.05, 4.69) is 10.3 Å². The molecule has 0 radical (unpaired) electrons. The zero-order valence-corrected chi connectivity index (χ0v) is 14.1. The van der Waals surface area contributed by atoms with Crippen molar-refractivity contribution in [3.05, 3.63) is 55.8 Å². The largest absolute Gasteiger partial charge is 0.377 e. The highest BCUT2D eigenvalue weighted by atomic mass is 35.5. The maximum absolute atomic E-state index is 6.21. The normalized spacial score (nSPS) is 12.6. The molecule has 0 saturated carbocycles.